The van der Waals surface area contributed by atoms with E-state index in [4.69, 9.17) is 11.6 Å². The highest BCUT2D eigenvalue weighted by molar-refractivity contribution is 6.30. The van der Waals surface area contributed by atoms with Crippen molar-refractivity contribution in [3.05, 3.63) is 65.4 Å². The number of nitrogens with one attached hydrogen (secondary N) is 2. The number of hydrogen-bond acceptors (Lipinski definition) is 6. The minimum Gasteiger partial charge on any atom is -0.366 e. The number of halogens is 1. The van der Waals surface area contributed by atoms with E-state index in [1.807, 2.05) is 56.6 Å². The molecular formula is C20H23ClN6. The zero-order valence-corrected chi connectivity index (χ0v) is 16.2. The number of likely N-dealkylation sites (N-methyl/N-ethyl adjacent to an activating group) is 1. The van der Waals surface area contributed by atoms with Gasteiger partial charge in [-0.05, 0) is 43.9 Å². The minimum atomic E-state index is 0.597. The van der Waals surface area contributed by atoms with Crippen LogP contribution in [-0.4, -0.2) is 47.0 Å². The van der Waals surface area contributed by atoms with Crippen LogP contribution in [0, 0.1) is 0 Å². The van der Waals surface area contributed by atoms with Gasteiger partial charge in [-0.25, -0.2) is 4.98 Å². The average molecular weight is 383 g/mol. The van der Waals surface area contributed by atoms with E-state index in [9.17, 15) is 0 Å². The molecule has 7 heteroatoms. The molecular weight excluding hydrogens is 360 g/mol. The molecule has 27 heavy (non-hydrogen) atoms. The van der Waals surface area contributed by atoms with Gasteiger partial charge in [0.25, 0.3) is 0 Å². The maximum absolute atomic E-state index is 6.07. The largest absolute Gasteiger partial charge is 0.366 e. The van der Waals surface area contributed by atoms with Crippen LogP contribution in [0.3, 0.4) is 0 Å². The summed E-state index contributed by atoms with van der Waals surface area (Å²) in [5, 5.41) is 7.38. The van der Waals surface area contributed by atoms with Crippen molar-refractivity contribution in [2.75, 3.05) is 37.8 Å². The van der Waals surface area contributed by atoms with Crippen molar-refractivity contribution >= 4 is 23.4 Å². The molecule has 2 N–H and O–H groups in total. The number of nitrogens with zero attached hydrogens (tertiary/aromatic N) is 4. The zero-order valence-electron chi connectivity index (χ0n) is 15.5. The van der Waals surface area contributed by atoms with Crippen molar-refractivity contribution < 1.29 is 0 Å². The van der Waals surface area contributed by atoms with Crippen LogP contribution in [0.1, 0.15) is 5.56 Å². The number of rotatable bonds is 8. The number of hydrogen-bond donors (Lipinski definition) is 2. The molecule has 3 rings (SSSR count). The first kappa shape index (κ1) is 19.1. The highest BCUT2D eigenvalue weighted by Crippen LogP contribution is 2.21. The summed E-state index contributed by atoms with van der Waals surface area (Å²) in [6, 6.07) is 13.6. The average Bonchev–Trinajstić information content (AvgIpc) is 2.67. The molecule has 3 aromatic rings. The Hall–Kier alpha value is -2.70. The minimum absolute atomic E-state index is 0.597. The Balaban J connectivity index is 1.80. The van der Waals surface area contributed by atoms with Gasteiger partial charge in [0.15, 0.2) is 0 Å². The highest BCUT2D eigenvalue weighted by Gasteiger charge is 2.07. The Kier molecular flexibility index (Phi) is 6.57. The Morgan fingerprint density at radius 3 is 2.56 bits per heavy atom. The number of anilines is 2. The predicted octanol–water partition coefficient (Wildman–Crippen LogP) is 3.78. The first-order valence-electron chi connectivity index (χ1n) is 8.76. The molecule has 0 aliphatic rings. The van der Waals surface area contributed by atoms with E-state index < -0.39 is 0 Å². The Morgan fingerprint density at radius 1 is 1.00 bits per heavy atom. The second-order valence-corrected chi connectivity index (χ2v) is 6.85. The van der Waals surface area contributed by atoms with Gasteiger partial charge in [0.2, 0.25) is 5.95 Å². The molecule has 0 bridgehead atoms. The molecule has 0 amide bonds. The summed E-state index contributed by atoms with van der Waals surface area (Å²) in [5.74, 6) is 1.35. The topological polar surface area (TPSA) is 66.0 Å². The maximum Gasteiger partial charge on any atom is 0.225 e. The van der Waals surface area contributed by atoms with Crippen molar-refractivity contribution in [1.82, 2.24) is 19.9 Å². The lowest BCUT2D eigenvalue weighted by Gasteiger charge is -2.13. The number of benzene rings is 1. The summed E-state index contributed by atoms with van der Waals surface area (Å²) in [4.78, 5) is 15.4. The maximum atomic E-state index is 6.07. The van der Waals surface area contributed by atoms with Gasteiger partial charge in [-0.1, -0.05) is 23.7 Å². The Labute approximate surface area is 164 Å². The summed E-state index contributed by atoms with van der Waals surface area (Å²) in [6.07, 6.45) is 3.52. The molecule has 6 nitrogen and oxygen atoms in total. The predicted molar refractivity (Wildman–Crippen MR) is 111 cm³/mol. The van der Waals surface area contributed by atoms with E-state index in [0.29, 0.717) is 12.5 Å². The van der Waals surface area contributed by atoms with E-state index >= 15 is 0 Å². The smallest absolute Gasteiger partial charge is 0.225 e. The van der Waals surface area contributed by atoms with Gasteiger partial charge < -0.3 is 15.5 Å². The lowest BCUT2D eigenvalue weighted by atomic mass is 10.2. The van der Waals surface area contributed by atoms with Crippen LogP contribution >= 0.6 is 11.6 Å². The van der Waals surface area contributed by atoms with Gasteiger partial charge in [0.05, 0.1) is 5.69 Å². The third-order valence-electron chi connectivity index (χ3n) is 3.91. The van der Waals surface area contributed by atoms with Gasteiger partial charge in [0.1, 0.15) is 5.82 Å². The van der Waals surface area contributed by atoms with Crippen LogP contribution in [0.25, 0.3) is 11.3 Å². The van der Waals surface area contributed by atoms with E-state index in [1.54, 1.807) is 12.4 Å². The SMILES string of the molecule is CN(C)CCNc1nc(NCc2cccc(Cl)c2)cc(-c2ccncc2)n1. The van der Waals surface area contributed by atoms with Crippen LogP contribution < -0.4 is 10.6 Å². The molecule has 1 aromatic carbocycles. The lowest BCUT2D eigenvalue weighted by molar-refractivity contribution is 0.425. The van der Waals surface area contributed by atoms with Crippen LogP contribution in [-0.2, 0) is 6.54 Å². The van der Waals surface area contributed by atoms with Crippen molar-refractivity contribution in [2.45, 2.75) is 6.54 Å². The summed E-state index contributed by atoms with van der Waals surface area (Å²) < 4.78 is 0. The van der Waals surface area contributed by atoms with Gasteiger partial charge in [-0.3, -0.25) is 4.98 Å². The van der Waals surface area contributed by atoms with E-state index in [1.165, 1.54) is 0 Å². The van der Waals surface area contributed by atoms with E-state index in [2.05, 4.69) is 30.5 Å². The van der Waals surface area contributed by atoms with Crippen molar-refractivity contribution in [2.24, 2.45) is 0 Å². The Morgan fingerprint density at radius 2 is 1.81 bits per heavy atom. The molecule has 2 heterocycles. The molecule has 2 aromatic heterocycles. The first-order chi connectivity index (χ1) is 13.1. The van der Waals surface area contributed by atoms with E-state index in [-0.39, 0.29) is 0 Å². The normalized spacial score (nSPS) is 10.8. The number of pyridine rings is 1. The van der Waals surface area contributed by atoms with Crippen LogP contribution in [0.2, 0.25) is 5.02 Å². The van der Waals surface area contributed by atoms with Gasteiger partial charge in [-0.2, -0.15) is 4.98 Å². The molecule has 0 saturated heterocycles. The lowest BCUT2D eigenvalue weighted by Crippen LogP contribution is -2.21. The van der Waals surface area contributed by atoms with Crippen LogP contribution in [0.4, 0.5) is 11.8 Å². The van der Waals surface area contributed by atoms with Crippen LogP contribution in [0.5, 0.6) is 0 Å². The molecule has 0 radical (unpaired) electrons. The van der Waals surface area contributed by atoms with E-state index in [0.717, 1.165) is 40.8 Å². The molecule has 0 fully saturated rings. The molecule has 0 aliphatic heterocycles. The molecule has 0 saturated carbocycles. The van der Waals surface area contributed by atoms with Gasteiger partial charge >= 0.3 is 0 Å². The van der Waals surface area contributed by atoms with Crippen molar-refractivity contribution in [3.8, 4) is 11.3 Å². The van der Waals surface area contributed by atoms with Crippen molar-refractivity contribution in [3.63, 3.8) is 0 Å². The molecule has 140 valence electrons. The number of aromatic nitrogens is 3. The summed E-state index contributed by atoms with van der Waals surface area (Å²) in [7, 11) is 4.07. The second kappa shape index (κ2) is 9.30. The highest BCUT2D eigenvalue weighted by atomic mass is 35.5. The summed E-state index contributed by atoms with van der Waals surface area (Å²) >= 11 is 6.07. The standard InChI is InChI=1S/C20H23ClN6/c1-27(2)11-10-23-20-25-18(16-6-8-22-9-7-16)13-19(26-20)24-14-15-4-3-5-17(21)12-15/h3-9,12-13H,10-11,14H2,1-2H3,(H2,23,24,25,26). The van der Waals surface area contributed by atoms with Crippen LogP contribution in [0.15, 0.2) is 54.9 Å². The van der Waals surface area contributed by atoms with Gasteiger partial charge in [-0.15, -0.1) is 0 Å². The van der Waals surface area contributed by atoms with Gasteiger partial charge in [0, 0.05) is 48.7 Å². The fourth-order valence-electron chi connectivity index (χ4n) is 2.52. The molecule has 0 spiro atoms. The quantitative estimate of drug-likeness (QED) is 0.618. The third-order valence-corrected chi connectivity index (χ3v) is 4.14. The molecule has 0 aliphatic carbocycles. The monoisotopic (exact) mass is 382 g/mol. The third kappa shape index (κ3) is 5.91. The molecule has 0 atom stereocenters. The summed E-state index contributed by atoms with van der Waals surface area (Å²) in [6.45, 7) is 2.29. The zero-order chi connectivity index (χ0) is 19.1. The first-order valence-corrected chi connectivity index (χ1v) is 9.14. The fraction of sp³-hybridized carbons (Fsp3) is 0.250. The molecule has 0 unspecified atom stereocenters. The fourth-order valence-corrected chi connectivity index (χ4v) is 2.73. The second-order valence-electron chi connectivity index (χ2n) is 6.41. The summed E-state index contributed by atoms with van der Waals surface area (Å²) in [5.41, 5.74) is 2.93. The van der Waals surface area contributed by atoms with Crippen molar-refractivity contribution in [1.29, 1.82) is 0 Å². The Bertz CT molecular complexity index is 869.